The number of Topliss-reactive ketones (excluding diaryl/α,β-unsaturated/α-hetero) is 1. The van der Waals surface area contributed by atoms with Crippen LogP contribution in [0.2, 0.25) is 0 Å². The van der Waals surface area contributed by atoms with Gasteiger partial charge in [0.1, 0.15) is 24.6 Å². The number of carbonyl (C=O) groups excluding carboxylic acids is 2. The van der Waals surface area contributed by atoms with Crippen LogP contribution in [0.15, 0.2) is 36.4 Å². The van der Waals surface area contributed by atoms with E-state index in [1.165, 1.54) is 0 Å². The number of amides is 1. The van der Waals surface area contributed by atoms with Crippen LogP contribution >= 0.6 is 0 Å². The molecule has 5 rings (SSSR count). The summed E-state index contributed by atoms with van der Waals surface area (Å²) in [7, 11) is 0. The van der Waals surface area contributed by atoms with Crippen LogP contribution in [0.5, 0.6) is 17.2 Å². The van der Waals surface area contributed by atoms with Crippen molar-refractivity contribution in [3.05, 3.63) is 53.1 Å². The molecule has 1 spiro atoms. The molecule has 0 unspecified atom stereocenters. The number of benzene rings is 2. The highest BCUT2D eigenvalue weighted by molar-refractivity contribution is 6.01. The third-order valence-corrected chi connectivity index (χ3v) is 5.97. The Hall–Kier alpha value is -3.53. The lowest BCUT2D eigenvalue weighted by Crippen LogP contribution is -2.52. The van der Waals surface area contributed by atoms with Crippen LogP contribution in [0.4, 0.5) is 0 Å². The Bertz CT molecular complexity index is 1080. The van der Waals surface area contributed by atoms with Crippen molar-refractivity contribution in [3.63, 3.8) is 0 Å². The van der Waals surface area contributed by atoms with Crippen LogP contribution in [-0.4, -0.2) is 48.5 Å². The Morgan fingerprint density at radius 3 is 2.50 bits per heavy atom. The molecule has 0 N–H and O–H groups in total. The second-order valence-corrected chi connectivity index (χ2v) is 7.86. The van der Waals surface area contributed by atoms with Gasteiger partial charge in [0, 0.05) is 31.5 Å². The Morgan fingerprint density at radius 2 is 1.73 bits per heavy atom. The van der Waals surface area contributed by atoms with E-state index in [0.717, 1.165) is 0 Å². The van der Waals surface area contributed by atoms with E-state index >= 15 is 0 Å². The van der Waals surface area contributed by atoms with E-state index in [2.05, 4.69) is 6.07 Å². The molecule has 152 valence electrons. The molecule has 0 aliphatic carbocycles. The van der Waals surface area contributed by atoms with Crippen molar-refractivity contribution in [1.29, 1.82) is 5.26 Å². The third-order valence-electron chi connectivity index (χ3n) is 5.97. The quantitative estimate of drug-likeness (QED) is 0.726. The largest absolute Gasteiger partial charge is 0.486 e. The first-order chi connectivity index (χ1) is 14.6. The molecule has 30 heavy (non-hydrogen) atoms. The molecule has 0 saturated carbocycles. The van der Waals surface area contributed by atoms with Crippen LogP contribution in [-0.2, 0) is 0 Å². The molecule has 3 aliphatic heterocycles. The van der Waals surface area contributed by atoms with Crippen molar-refractivity contribution in [2.45, 2.75) is 24.9 Å². The van der Waals surface area contributed by atoms with Gasteiger partial charge in [-0.1, -0.05) is 0 Å². The van der Waals surface area contributed by atoms with E-state index in [1.807, 2.05) is 0 Å². The summed E-state index contributed by atoms with van der Waals surface area (Å²) < 4.78 is 17.3. The van der Waals surface area contributed by atoms with Gasteiger partial charge in [0.25, 0.3) is 5.91 Å². The lowest BCUT2D eigenvalue weighted by molar-refractivity contribution is -0.00572. The second kappa shape index (κ2) is 7.06. The Labute approximate surface area is 173 Å². The smallest absolute Gasteiger partial charge is 0.253 e. The van der Waals surface area contributed by atoms with Crippen molar-refractivity contribution in [3.8, 4) is 23.3 Å². The summed E-state index contributed by atoms with van der Waals surface area (Å²) in [6.45, 7) is 1.99. The maximum absolute atomic E-state index is 13.0. The van der Waals surface area contributed by atoms with E-state index < -0.39 is 5.60 Å². The van der Waals surface area contributed by atoms with Gasteiger partial charge in [0.15, 0.2) is 17.3 Å². The molecule has 3 aliphatic rings. The standard InChI is InChI=1S/C23H20N2O5/c24-14-15-1-3-19-17(11-15)18(26)13-23(30-19)5-7-25(8-6-23)22(27)16-2-4-20-21(12-16)29-10-9-28-20/h1-4,11-12H,5-10,13H2. The monoisotopic (exact) mass is 404 g/mol. The second-order valence-electron chi connectivity index (χ2n) is 7.86. The Kier molecular flexibility index (Phi) is 4.35. The van der Waals surface area contributed by atoms with E-state index in [4.69, 9.17) is 19.5 Å². The molecule has 0 radical (unpaired) electrons. The topological polar surface area (TPSA) is 88.9 Å². The third kappa shape index (κ3) is 3.14. The fraction of sp³-hybridized carbons (Fsp3) is 0.348. The van der Waals surface area contributed by atoms with E-state index in [-0.39, 0.29) is 18.1 Å². The molecule has 0 aromatic heterocycles. The van der Waals surface area contributed by atoms with Gasteiger partial charge in [-0.3, -0.25) is 9.59 Å². The van der Waals surface area contributed by atoms with Crippen LogP contribution in [0.25, 0.3) is 0 Å². The van der Waals surface area contributed by atoms with Crippen LogP contribution in [0.3, 0.4) is 0 Å². The molecule has 0 bridgehead atoms. The number of fused-ring (bicyclic) bond motifs is 2. The highest BCUT2D eigenvalue weighted by Gasteiger charge is 2.43. The molecule has 1 amide bonds. The Morgan fingerprint density at radius 1 is 1.00 bits per heavy atom. The molecule has 1 saturated heterocycles. The zero-order valence-electron chi connectivity index (χ0n) is 16.3. The van der Waals surface area contributed by atoms with Crippen molar-refractivity contribution in [1.82, 2.24) is 4.90 Å². The molecular formula is C23H20N2O5. The number of ketones is 1. The molecule has 0 atom stereocenters. The number of likely N-dealkylation sites (tertiary alicyclic amines) is 1. The highest BCUT2D eigenvalue weighted by Crippen LogP contribution is 2.40. The van der Waals surface area contributed by atoms with Gasteiger partial charge in [-0.15, -0.1) is 0 Å². The van der Waals surface area contributed by atoms with Gasteiger partial charge in [-0.2, -0.15) is 5.26 Å². The summed E-state index contributed by atoms with van der Waals surface area (Å²) in [6.07, 6.45) is 1.42. The zero-order chi connectivity index (χ0) is 20.7. The van der Waals surface area contributed by atoms with Crippen molar-refractivity contribution >= 4 is 11.7 Å². The molecule has 2 aromatic rings. The summed E-state index contributed by atoms with van der Waals surface area (Å²) in [5.74, 6) is 1.69. The SMILES string of the molecule is N#Cc1ccc2c(c1)C(=O)CC1(CCN(C(=O)c3ccc4c(c3)OCCO4)CC1)O2. The number of nitrogens with zero attached hydrogens (tertiary/aromatic N) is 2. The average molecular weight is 404 g/mol. The van der Waals surface area contributed by atoms with E-state index in [9.17, 15) is 9.59 Å². The average Bonchev–Trinajstić information content (AvgIpc) is 2.78. The first-order valence-corrected chi connectivity index (χ1v) is 10.0. The number of rotatable bonds is 1. The predicted molar refractivity (Wildman–Crippen MR) is 106 cm³/mol. The highest BCUT2D eigenvalue weighted by atomic mass is 16.6. The summed E-state index contributed by atoms with van der Waals surface area (Å²) in [5.41, 5.74) is 0.878. The van der Waals surface area contributed by atoms with Crippen LogP contribution in [0.1, 0.15) is 45.5 Å². The normalized spacial score (nSPS) is 18.9. The van der Waals surface area contributed by atoms with Gasteiger partial charge in [-0.05, 0) is 36.4 Å². The van der Waals surface area contributed by atoms with Crippen LogP contribution < -0.4 is 14.2 Å². The van der Waals surface area contributed by atoms with Gasteiger partial charge in [-0.25, -0.2) is 0 Å². The number of hydrogen-bond donors (Lipinski definition) is 0. The molecule has 3 heterocycles. The Balaban J connectivity index is 1.30. The number of ether oxygens (including phenoxy) is 3. The fourth-order valence-corrected chi connectivity index (χ4v) is 4.32. The molecular weight excluding hydrogens is 384 g/mol. The maximum Gasteiger partial charge on any atom is 0.253 e. The van der Waals surface area contributed by atoms with E-state index in [0.29, 0.717) is 73.1 Å². The minimum atomic E-state index is -0.595. The zero-order valence-corrected chi connectivity index (χ0v) is 16.3. The van der Waals surface area contributed by atoms with Crippen molar-refractivity contribution < 1.29 is 23.8 Å². The summed E-state index contributed by atoms with van der Waals surface area (Å²) in [5, 5.41) is 9.05. The summed E-state index contributed by atoms with van der Waals surface area (Å²) >= 11 is 0. The van der Waals surface area contributed by atoms with Gasteiger partial charge in [0.2, 0.25) is 0 Å². The lowest BCUT2D eigenvalue weighted by Gasteiger charge is -2.44. The minimum absolute atomic E-state index is 0.0139. The molecule has 7 heteroatoms. The molecule has 7 nitrogen and oxygen atoms in total. The van der Waals surface area contributed by atoms with Crippen LogP contribution in [0, 0.1) is 11.3 Å². The van der Waals surface area contributed by atoms with Gasteiger partial charge >= 0.3 is 0 Å². The first kappa shape index (κ1) is 18.5. The lowest BCUT2D eigenvalue weighted by atomic mass is 9.82. The maximum atomic E-state index is 13.0. The van der Waals surface area contributed by atoms with Crippen molar-refractivity contribution in [2.24, 2.45) is 0 Å². The minimum Gasteiger partial charge on any atom is -0.486 e. The van der Waals surface area contributed by atoms with E-state index in [1.54, 1.807) is 41.3 Å². The molecule has 2 aromatic carbocycles. The fourth-order valence-electron chi connectivity index (χ4n) is 4.32. The van der Waals surface area contributed by atoms with Gasteiger partial charge in [0.05, 0.1) is 23.6 Å². The summed E-state index contributed by atoms with van der Waals surface area (Å²) in [6, 6.07) is 12.2. The first-order valence-electron chi connectivity index (χ1n) is 10.0. The number of carbonyl (C=O) groups is 2. The number of piperidine rings is 1. The summed E-state index contributed by atoms with van der Waals surface area (Å²) in [4.78, 5) is 27.5. The molecule has 1 fully saturated rings. The number of hydrogen-bond acceptors (Lipinski definition) is 6. The van der Waals surface area contributed by atoms with Gasteiger partial charge < -0.3 is 19.1 Å². The van der Waals surface area contributed by atoms with Crippen molar-refractivity contribution in [2.75, 3.05) is 26.3 Å². The number of nitriles is 1. The predicted octanol–water partition coefficient (Wildman–Crippen LogP) is 2.97.